The minimum atomic E-state index is -4.40. The van der Waals surface area contributed by atoms with Crippen LogP contribution in [-0.2, 0) is 9.59 Å². The summed E-state index contributed by atoms with van der Waals surface area (Å²) in [6.45, 7) is -0.552. The fraction of sp³-hybridized carbons (Fsp3) is 0.818. The van der Waals surface area contributed by atoms with E-state index in [0.717, 1.165) is 4.90 Å². The van der Waals surface area contributed by atoms with Crippen LogP contribution in [0, 0.1) is 0 Å². The van der Waals surface area contributed by atoms with Gasteiger partial charge in [-0.2, -0.15) is 13.2 Å². The number of rotatable bonds is 6. The van der Waals surface area contributed by atoms with Gasteiger partial charge in [0.05, 0.1) is 0 Å². The van der Waals surface area contributed by atoms with Crippen LogP contribution in [-0.4, -0.2) is 55.6 Å². The highest BCUT2D eigenvalue weighted by atomic mass is 35.5. The molecule has 1 aliphatic rings. The van der Waals surface area contributed by atoms with Crippen LogP contribution >= 0.6 is 12.4 Å². The molecule has 1 heterocycles. The van der Waals surface area contributed by atoms with E-state index in [9.17, 15) is 22.8 Å². The fourth-order valence-corrected chi connectivity index (χ4v) is 1.94. The molecule has 2 amide bonds. The predicted molar refractivity (Wildman–Crippen MR) is 69.6 cm³/mol. The summed E-state index contributed by atoms with van der Waals surface area (Å²) in [5.41, 5.74) is 0. The van der Waals surface area contributed by atoms with Gasteiger partial charge < -0.3 is 15.5 Å². The zero-order valence-corrected chi connectivity index (χ0v) is 11.9. The van der Waals surface area contributed by atoms with E-state index in [2.05, 4.69) is 10.6 Å². The molecule has 0 aromatic rings. The Balaban J connectivity index is 0.00000361. The van der Waals surface area contributed by atoms with Crippen molar-refractivity contribution in [3.8, 4) is 0 Å². The maximum atomic E-state index is 12.2. The number of alkyl halides is 3. The van der Waals surface area contributed by atoms with E-state index in [1.165, 1.54) is 0 Å². The first-order valence-corrected chi connectivity index (χ1v) is 6.13. The van der Waals surface area contributed by atoms with Crippen LogP contribution in [0.15, 0.2) is 0 Å². The Morgan fingerprint density at radius 2 is 2.10 bits per heavy atom. The van der Waals surface area contributed by atoms with Crippen molar-refractivity contribution in [2.75, 3.05) is 26.7 Å². The van der Waals surface area contributed by atoms with Gasteiger partial charge in [-0.05, 0) is 26.4 Å². The Kier molecular flexibility index (Phi) is 7.88. The lowest BCUT2D eigenvalue weighted by Gasteiger charge is -2.18. The number of hydrogen-bond acceptors (Lipinski definition) is 3. The Bertz CT molecular complexity index is 339. The van der Waals surface area contributed by atoms with Crippen LogP contribution in [0.4, 0.5) is 13.2 Å². The average molecular weight is 318 g/mol. The summed E-state index contributed by atoms with van der Waals surface area (Å²) in [5.74, 6) is -0.957. The van der Waals surface area contributed by atoms with Crippen LogP contribution in [0.2, 0.25) is 0 Å². The lowest BCUT2D eigenvalue weighted by atomic mass is 10.2. The standard InChI is InChI=1S/C11H18F3N3O2.ClH/c1-15-5-2-3-9(18)16-8-4-6-17(10(8)19)7-11(12,13)14;/h8,15H,2-7H2,1H3,(H,16,18);1H. The molecule has 2 N–H and O–H groups in total. The Morgan fingerprint density at radius 1 is 1.45 bits per heavy atom. The molecule has 5 nitrogen and oxygen atoms in total. The van der Waals surface area contributed by atoms with Crippen LogP contribution in [0.3, 0.4) is 0 Å². The largest absolute Gasteiger partial charge is 0.406 e. The molecule has 0 aliphatic carbocycles. The number of carbonyl (C=O) groups excluding carboxylic acids is 2. The van der Waals surface area contributed by atoms with Gasteiger partial charge in [0.15, 0.2) is 0 Å². The topological polar surface area (TPSA) is 61.4 Å². The molecule has 9 heteroatoms. The van der Waals surface area contributed by atoms with Crippen molar-refractivity contribution >= 4 is 24.2 Å². The van der Waals surface area contributed by atoms with Gasteiger partial charge in [0.1, 0.15) is 12.6 Å². The molecule has 1 rings (SSSR count). The lowest BCUT2D eigenvalue weighted by molar-refractivity contribution is -0.158. The van der Waals surface area contributed by atoms with E-state index in [1.54, 1.807) is 7.05 Å². The normalized spacial score (nSPS) is 18.9. The molecule has 0 aromatic heterocycles. The third kappa shape index (κ3) is 6.42. The summed E-state index contributed by atoms with van der Waals surface area (Å²) >= 11 is 0. The smallest absolute Gasteiger partial charge is 0.344 e. The number of amides is 2. The first-order chi connectivity index (χ1) is 8.83. The van der Waals surface area contributed by atoms with Crippen LogP contribution in [0.25, 0.3) is 0 Å². The highest BCUT2D eigenvalue weighted by Crippen LogP contribution is 2.20. The molecule has 1 fully saturated rings. The quantitative estimate of drug-likeness (QED) is 0.709. The molecule has 0 spiro atoms. The zero-order chi connectivity index (χ0) is 14.5. The lowest BCUT2D eigenvalue weighted by Crippen LogP contribution is -2.43. The van der Waals surface area contributed by atoms with Crippen LogP contribution in [0.5, 0.6) is 0 Å². The number of carbonyl (C=O) groups is 2. The molecule has 0 radical (unpaired) electrons. The Labute approximate surface area is 121 Å². The van der Waals surface area contributed by atoms with Crippen molar-refractivity contribution in [1.29, 1.82) is 0 Å². The van der Waals surface area contributed by atoms with Crippen molar-refractivity contribution in [3.05, 3.63) is 0 Å². The first-order valence-electron chi connectivity index (χ1n) is 6.13. The second-order valence-electron chi connectivity index (χ2n) is 4.49. The number of halogens is 4. The second-order valence-corrected chi connectivity index (χ2v) is 4.49. The fourth-order valence-electron chi connectivity index (χ4n) is 1.94. The summed E-state index contributed by atoms with van der Waals surface area (Å²) in [5, 5.41) is 5.36. The van der Waals surface area contributed by atoms with Gasteiger partial charge in [0, 0.05) is 13.0 Å². The van der Waals surface area contributed by atoms with Gasteiger partial charge in [-0.25, -0.2) is 0 Å². The molecule has 0 aromatic carbocycles. The Morgan fingerprint density at radius 3 is 2.65 bits per heavy atom. The molecule has 0 bridgehead atoms. The van der Waals surface area contributed by atoms with Crippen LogP contribution in [0.1, 0.15) is 19.3 Å². The SMILES string of the molecule is CNCCCC(=O)NC1CCN(CC(F)(F)F)C1=O.Cl. The summed E-state index contributed by atoms with van der Waals surface area (Å²) in [7, 11) is 1.76. The maximum Gasteiger partial charge on any atom is 0.406 e. The van der Waals surface area contributed by atoms with E-state index < -0.39 is 24.7 Å². The third-order valence-corrected chi connectivity index (χ3v) is 2.83. The third-order valence-electron chi connectivity index (χ3n) is 2.83. The number of hydrogen-bond donors (Lipinski definition) is 2. The molecule has 1 aliphatic heterocycles. The van der Waals surface area contributed by atoms with Gasteiger partial charge in [-0.15, -0.1) is 12.4 Å². The number of likely N-dealkylation sites (tertiary alicyclic amines) is 1. The molecular formula is C11H19ClF3N3O2. The first kappa shape index (κ1) is 19.0. The number of nitrogens with zero attached hydrogens (tertiary/aromatic N) is 1. The monoisotopic (exact) mass is 317 g/mol. The molecular weight excluding hydrogens is 299 g/mol. The zero-order valence-electron chi connectivity index (χ0n) is 11.1. The average Bonchev–Trinajstić information content (AvgIpc) is 2.60. The summed E-state index contributed by atoms with van der Waals surface area (Å²) in [6, 6.07) is -0.815. The minimum absolute atomic E-state index is 0. The van der Waals surface area contributed by atoms with Crippen molar-refractivity contribution in [3.63, 3.8) is 0 Å². The van der Waals surface area contributed by atoms with Gasteiger partial charge in [0.2, 0.25) is 11.8 Å². The van der Waals surface area contributed by atoms with E-state index in [-0.39, 0.29) is 37.7 Å². The summed E-state index contributed by atoms with van der Waals surface area (Å²) in [6.07, 6.45) is -3.30. The van der Waals surface area contributed by atoms with E-state index in [0.29, 0.717) is 13.0 Å². The molecule has 1 unspecified atom stereocenters. The van der Waals surface area contributed by atoms with Crippen molar-refractivity contribution in [2.45, 2.75) is 31.5 Å². The highest BCUT2D eigenvalue weighted by molar-refractivity contribution is 5.89. The summed E-state index contributed by atoms with van der Waals surface area (Å²) in [4.78, 5) is 23.9. The number of nitrogens with one attached hydrogen (secondary N) is 2. The molecule has 20 heavy (non-hydrogen) atoms. The van der Waals surface area contributed by atoms with Crippen molar-refractivity contribution in [1.82, 2.24) is 15.5 Å². The highest BCUT2D eigenvalue weighted by Gasteiger charge is 2.39. The van der Waals surface area contributed by atoms with Crippen LogP contribution < -0.4 is 10.6 Å². The summed E-state index contributed by atoms with van der Waals surface area (Å²) < 4.78 is 36.6. The molecule has 0 saturated carbocycles. The predicted octanol–water partition coefficient (Wildman–Crippen LogP) is 0.687. The maximum absolute atomic E-state index is 12.2. The molecule has 1 saturated heterocycles. The second kappa shape index (κ2) is 8.31. The van der Waals surface area contributed by atoms with Gasteiger partial charge >= 0.3 is 6.18 Å². The van der Waals surface area contributed by atoms with Gasteiger partial charge in [0.25, 0.3) is 0 Å². The van der Waals surface area contributed by atoms with E-state index in [1.807, 2.05) is 0 Å². The van der Waals surface area contributed by atoms with Gasteiger partial charge in [-0.1, -0.05) is 0 Å². The molecule has 118 valence electrons. The minimum Gasteiger partial charge on any atom is -0.344 e. The van der Waals surface area contributed by atoms with Gasteiger partial charge in [-0.3, -0.25) is 9.59 Å². The Hall–Kier alpha value is -1.02. The van der Waals surface area contributed by atoms with E-state index in [4.69, 9.17) is 0 Å². The van der Waals surface area contributed by atoms with E-state index >= 15 is 0 Å². The van der Waals surface area contributed by atoms with Crippen molar-refractivity contribution < 1.29 is 22.8 Å². The molecule has 1 atom stereocenters. The van der Waals surface area contributed by atoms with Crippen molar-refractivity contribution in [2.24, 2.45) is 0 Å².